The van der Waals surface area contributed by atoms with Gasteiger partial charge >= 0.3 is 0 Å². The Labute approximate surface area is 72.6 Å². The highest BCUT2D eigenvalue weighted by molar-refractivity contribution is 5.31. The van der Waals surface area contributed by atoms with Crippen molar-refractivity contribution in [2.24, 2.45) is 0 Å². The summed E-state index contributed by atoms with van der Waals surface area (Å²) in [4.78, 5) is 4.38. The van der Waals surface area contributed by atoms with Crippen LogP contribution in [0.1, 0.15) is 29.7 Å². The number of pyridine rings is 1. The minimum absolute atomic E-state index is 0.452. The van der Waals surface area contributed by atoms with Gasteiger partial charge in [-0.1, -0.05) is 6.92 Å². The van der Waals surface area contributed by atoms with E-state index in [2.05, 4.69) is 18.8 Å². The zero-order valence-corrected chi connectivity index (χ0v) is 7.50. The van der Waals surface area contributed by atoms with Crippen molar-refractivity contribution in [2.75, 3.05) is 6.61 Å². The minimum Gasteiger partial charge on any atom is -0.376 e. The molecule has 2 heteroatoms. The molecule has 2 nitrogen and oxygen atoms in total. The first-order valence-corrected chi connectivity index (χ1v) is 4.31. The highest BCUT2D eigenvalue weighted by Crippen LogP contribution is 2.25. The van der Waals surface area contributed by atoms with Gasteiger partial charge in [-0.2, -0.15) is 0 Å². The van der Waals surface area contributed by atoms with Crippen molar-refractivity contribution >= 4 is 0 Å². The second-order valence-corrected chi connectivity index (χ2v) is 3.41. The van der Waals surface area contributed by atoms with E-state index >= 15 is 0 Å². The summed E-state index contributed by atoms with van der Waals surface area (Å²) in [5, 5.41) is 0. The van der Waals surface area contributed by atoms with E-state index in [1.807, 2.05) is 12.3 Å². The van der Waals surface area contributed by atoms with Crippen molar-refractivity contribution in [3.05, 3.63) is 29.1 Å². The van der Waals surface area contributed by atoms with E-state index in [0.29, 0.717) is 5.92 Å². The summed E-state index contributed by atoms with van der Waals surface area (Å²) in [5.41, 5.74) is 3.81. The third-order valence-corrected chi connectivity index (χ3v) is 2.40. The normalized spacial score (nSPS) is 22.0. The summed E-state index contributed by atoms with van der Waals surface area (Å²) >= 11 is 0. The molecule has 1 aromatic rings. The molecule has 0 amide bonds. The average Bonchev–Trinajstić information content (AvgIpc) is 2.07. The zero-order valence-electron chi connectivity index (χ0n) is 7.50. The van der Waals surface area contributed by atoms with Crippen LogP contribution in [0.5, 0.6) is 0 Å². The fourth-order valence-electron chi connectivity index (χ4n) is 1.64. The van der Waals surface area contributed by atoms with Gasteiger partial charge in [-0.3, -0.25) is 4.98 Å². The quantitative estimate of drug-likeness (QED) is 0.583. The number of hydrogen-bond donors (Lipinski definition) is 0. The number of rotatable bonds is 0. The third kappa shape index (κ3) is 1.12. The Bertz CT molecular complexity index is 296. The summed E-state index contributed by atoms with van der Waals surface area (Å²) in [5.74, 6) is 0.452. The van der Waals surface area contributed by atoms with E-state index in [4.69, 9.17) is 4.74 Å². The molecule has 1 aliphatic rings. The van der Waals surface area contributed by atoms with Crippen LogP contribution < -0.4 is 0 Å². The number of fused-ring (bicyclic) bond motifs is 1. The monoisotopic (exact) mass is 163 g/mol. The van der Waals surface area contributed by atoms with Gasteiger partial charge in [-0.05, 0) is 18.6 Å². The van der Waals surface area contributed by atoms with Gasteiger partial charge in [-0.25, -0.2) is 0 Å². The maximum atomic E-state index is 5.45. The second kappa shape index (κ2) is 2.87. The van der Waals surface area contributed by atoms with Crippen molar-refractivity contribution in [3.8, 4) is 0 Å². The fourth-order valence-corrected chi connectivity index (χ4v) is 1.64. The molecule has 64 valence electrons. The Kier molecular flexibility index (Phi) is 1.85. The highest BCUT2D eigenvalue weighted by atomic mass is 16.5. The average molecular weight is 163 g/mol. The molecular formula is C10H13NO. The molecule has 0 saturated carbocycles. The van der Waals surface area contributed by atoms with Crippen molar-refractivity contribution in [1.29, 1.82) is 0 Å². The maximum Gasteiger partial charge on any atom is 0.0737 e. The first-order valence-electron chi connectivity index (χ1n) is 4.31. The number of nitrogens with zero attached hydrogens (tertiary/aromatic N) is 1. The molecule has 2 rings (SSSR count). The first kappa shape index (κ1) is 7.74. The van der Waals surface area contributed by atoms with Crippen LogP contribution in [0.25, 0.3) is 0 Å². The van der Waals surface area contributed by atoms with Gasteiger partial charge in [0.05, 0.1) is 18.9 Å². The SMILES string of the molecule is Cc1ccnc2c1COCC2C. The molecule has 0 radical (unpaired) electrons. The van der Waals surface area contributed by atoms with E-state index < -0.39 is 0 Å². The molecule has 0 aromatic carbocycles. The third-order valence-electron chi connectivity index (χ3n) is 2.40. The van der Waals surface area contributed by atoms with Gasteiger partial charge in [-0.15, -0.1) is 0 Å². The Morgan fingerprint density at radius 3 is 3.17 bits per heavy atom. The van der Waals surface area contributed by atoms with Crippen LogP contribution in [0.4, 0.5) is 0 Å². The van der Waals surface area contributed by atoms with E-state index in [9.17, 15) is 0 Å². The summed E-state index contributed by atoms with van der Waals surface area (Å²) in [6, 6.07) is 2.04. The van der Waals surface area contributed by atoms with Crippen LogP contribution in [0.15, 0.2) is 12.3 Å². The minimum atomic E-state index is 0.452. The van der Waals surface area contributed by atoms with Gasteiger partial charge in [0.25, 0.3) is 0 Å². The highest BCUT2D eigenvalue weighted by Gasteiger charge is 2.18. The molecule has 0 spiro atoms. The predicted molar refractivity (Wildman–Crippen MR) is 47.0 cm³/mol. The largest absolute Gasteiger partial charge is 0.376 e. The Morgan fingerprint density at radius 2 is 2.42 bits per heavy atom. The molecule has 1 atom stereocenters. The zero-order chi connectivity index (χ0) is 8.55. The molecule has 0 bridgehead atoms. The Morgan fingerprint density at radius 1 is 1.58 bits per heavy atom. The van der Waals surface area contributed by atoms with Gasteiger partial charge < -0.3 is 4.74 Å². The van der Waals surface area contributed by atoms with Crippen LogP contribution in [0, 0.1) is 6.92 Å². The summed E-state index contributed by atoms with van der Waals surface area (Å²) < 4.78 is 5.45. The van der Waals surface area contributed by atoms with E-state index in [1.165, 1.54) is 16.8 Å². The van der Waals surface area contributed by atoms with Crippen LogP contribution in [0.3, 0.4) is 0 Å². The molecular weight excluding hydrogens is 150 g/mol. The Balaban J connectivity index is 2.52. The molecule has 0 N–H and O–H groups in total. The van der Waals surface area contributed by atoms with E-state index in [0.717, 1.165) is 13.2 Å². The second-order valence-electron chi connectivity index (χ2n) is 3.41. The van der Waals surface area contributed by atoms with Crippen LogP contribution in [0.2, 0.25) is 0 Å². The van der Waals surface area contributed by atoms with E-state index in [1.54, 1.807) is 0 Å². The number of hydrogen-bond acceptors (Lipinski definition) is 2. The van der Waals surface area contributed by atoms with Gasteiger partial charge in [0.15, 0.2) is 0 Å². The molecule has 1 unspecified atom stereocenters. The topological polar surface area (TPSA) is 22.1 Å². The number of aromatic nitrogens is 1. The van der Waals surface area contributed by atoms with Gasteiger partial charge in [0.2, 0.25) is 0 Å². The lowest BCUT2D eigenvalue weighted by Crippen LogP contribution is -2.16. The lowest BCUT2D eigenvalue weighted by molar-refractivity contribution is 0.0927. The molecule has 0 aliphatic carbocycles. The summed E-state index contributed by atoms with van der Waals surface area (Å²) in [6.07, 6.45) is 1.88. The summed E-state index contributed by atoms with van der Waals surface area (Å²) in [6.45, 7) is 5.81. The fraction of sp³-hybridized carbons (Fsp3) is 0.500. The first-order chi connectivity index (χ1) is 5.79. The van der Waals surface area contributed by atoms with Crippen molar-refractivity contribution < 1.29 is 4.74 Å². The molecule has 1 aliphatic heterocycles. The predicted octanol–water partition coefficient (Wildman–Crippen LogP) is 2.02. The van der Waals surface area contributed by atoms with Crippen LogP contribution >= 0.6 is 0 Å². The van der Waals surface area contributed by atoms with Gasteiger partial charge in [0, 0.05) is 17.7 Å². The molecule has 0 fully saturated rings. The van der Waals surface area contributed by atoms with Crippen molar-refractivity contribution in [3.63, 3.8) is 0 Å². The van der Waals surface area contributed by atoms with Crippen molar-refractivity contribution in [2.45, 2.75) is 26.4 Å². The molecule has 1 aromatic heterocycles. The molecule has 2 heterocycles. The Hall–Kier alpha value is -0.890. The lowest BCUT2D eigenvalue weighted by Gasteiger charge is -2.22. The van der Waals surface area contributed by atoms with Gasteiger partial charge in [0.1, 0.15) is 0 Å². The smallest absolute Gasteiger partial charge is 0.0737 e. The van der Waals surface area contributed by atoms with Crippen LogP contribution in [-0.2, 0) is 11.3 Å². The van der Waals surface area contributed by atoms with E-state index in [-0.39, 0.29) is 0 Å². The maximum absolute atomic E-state index is 5.45. The van der Waals surface area contributed by atoms with Crippen molar-refractivity contribution in [1.82, 2.24) is 4.98 Å². The standard InChI is InChI=1S/C10H13NO/c1-7-3-4-11-10-8(2)5-12-6-9(7)10/h3-4,8H,5-6H2,1-2H3. The molecule has 12 heavy (non-hydrogen) atoms. The molecule has 0 saturated heterocycles. The van der Waals surface area contributed by atoms with Crippen LogP contribution in [-0.4, -0.2) is 11.6 Å². The number of aryl methyl sites for hydroxylation is 1. The number of ether oxygens (including phenoxy) is 1. The summed E-state index contributed by atoms with van der Waals surface area (Å²) in [7, 11) is 0. The lowest BCUT2D eigenvalue weighted by atomic mass is 9.97.